The lowest BCUT2D eigenvalue weighted by Crippen LogP contribution is -2.46. The van der Waals surface area contributed by atoms with E-state index in [-0.39, 0.29) is 38.2 Å². The summed E-state index contributed by atoms with van der Waals surface area (Å²) < 4.78 is 10.9. The maximum atomic E-state index is 12.5. The summed E-state index contributed by atoms with van der Waals surface area (Å²) in [5.74, 6) is -2.03. The first-order valence-electron chi connectivity index (χ1n) is 10.4. The van der Waals surface area contributed by atoms with Gasteiger partial charge in [-0.05, 0) is 22.3 Å². The van der Waals surface area contributed by atoms with Crippen LogP contribution in [0.1, 0.15) is 17.0 Å². The highest BCUT2D eigenvalue weighted by atomic mass is 16.5. The molecule has 2 aromatic carbocycles. The fourth-order valence-electron chi connectivity index (χ4n) is 4.20. The summed E-state index contributed by atoms with van der Waals surface area (Å²) in [5, 5.41) is 13.9. The summed E-state index contributed by atoms with van der Waals surface area (Å²) in [5.41, 5.74) is 4.54. The smallest absolute Gasteiger partial charge is 0.407 e. The summed E-state index contributed by atoms with van der Waals surface area (Å²) >= 11 is 0. The van der Waals surface area contributed by atoms with Gasteiger partial charge in [0, 0.05) is 18.5 Å². The lowest BCUT2D eigenvalue weighted by Gasteiger charge is -2.19. The molecule has 2 aromatic rings. The Morgan fingerprint density at radius 1 is 1.03 bits per heavy atom. The number of amides is 2. The number of fused-ring (bicyclic) bond motifs is 3. The Balaban J connectivity index is 1.33. The predicted molar refractivity (Wildman–Crippen MR) is 116 cm³/mol. The minimum absolute atomic E-state index is 0.0481. The second-order valence-electron chi connectivity index (χ2n) is 7.71. The van der Waals surface area contributed by atoms with Crippen molar-refractivity contribution in [1.29, 1.82) is 0 Å². The number of alkyl carbamates (subject to hydrolysis) is 1. The standard InChI is InChI=1S/C24H24N2O6/c27-22(28)10-5-11-25-23(29)20-12-31-14-21(20)26-24(30)32-13-19-17-8-3-1-6-15(17)16-7-2-4-9-18(16)19/h1-10,19-21H,11-14H2,(H,25,29)(H,26,30)(H,27,28)/b10-5+. The zero-order valence-electron chi connectivity index (χ0n) is 17.3. The van der Waals surface area contributed by atoms with E-state index in [9.17, 15) is 14.4 Å². The number of rotatable bonds is 7. The topological polar surface area (TPSA) is 114 Å². The van der Waals surface area contributed by atoms with Crippen LogP contribution in [0.4, 0.5) is 4.79 Å². The van der Waals surface area contributed by atoms with Crippen molar-refractivity contribution in [3.8, 4) is 11.1 Å². The molecule has 0 bridgehead atoms. The predicted octanol–water partition coefficient (Wildman–Crippen LogP) is 2.30. The van der Waals surface area contributed by atoms with Crippen LogP contribution < -0.4 is 10.6 Å². The Hall–Kier alpha value is -3.65. The molecule has 0 radical (unpaired) electrons. The fourth-order valence-corrected chi connectivity index (χ4v) is 4.20. The zero-order chi connectivity index (χ0) is 22.5. The Kier molecular flexibility index (Phi) is 6.51. The van der Waals surface area contributed by atoms with E-state index in [2.05, 4.69) is 22.8 Å². The number of carboxylic acid groups (broad SMARTS) is 1. The molecule has 1 saturated heterocycles. The minimum atomic E-state index is -1.08. The molecule has 166 valence electrons. The van der Waals surface area contributed by atoms with Crippen molar-refractivity contribution in [2.45, 2.75) is 12.0 Å². The largest absolute Gasteiger partial charge is 0.478 e. The van der Waals surface area contributed by atoms with Crippen molar-refractivity contribution in [3.05, 3.63) is 71.8 Å². The quantitative estimate of drug-likeness (QED) is 0.574. The van der Waals surface area contributed by atoms with Crippen LogP contribution >= 0.6 is 0 Å². The van der Waals surface area contributed by atoms with Gasteiger partial charge in [-0.1, -0.05) is 54.6 Å². The van der Waals surface area contributed by atoms with E-state index < -0.39 is 24.0 Å². The molecule has 2 aliphatic rings. The SMILES string of the molecule is O=C(O)/C=C/CNC(=O)C1COCC1NC(=O)OCC1c2ccccc2-c2ccccc21. The van der Waals surface area contributed by atoms with Crippen molar-refractivity contribution in [2.75, 3.05) is 26.4 Å². The van der Waals surface area contributed by atoms with Crippen molar-refractivity contribution in [1.82, 2.24) is 10.6 Å². The van der Waals surface area contributed by atoms with Crippen LogP contribution in [0.15, 0.2) is 60.7 Å². The summed E-state index contributed by atoms with van der Waals surface area (Å²) in [7, 11) is 0. The lowest BCUT2D eigenvalue weighted by molar-refractivity contribution is -0.131. The van der Waals surface area contributed by atoms with Gasteiger partial charge in [0.1, 0.15) is 6.61 Å². The highest BCUT2D eigenvalue weighted by molar-refractivity contribution is 5.82. The molecule has 1 aliphatic carbocycles. The molecule has 2 unspecified atom stereocenters. The van der Waals surface area contributed by atoms with E-state index in [1.807, 2.05) is 36.4 Å². The van der Waals surface area contributed by atoms with E-state index in [1.54, 1.807) is 0 Å². The Labute approximate surface area is 185 Å². The Morgan fingerprint density at radius 2 is 1.69 bits per heavy atom. The molecule has 0 spiro atoms. The van der Waals surface area contributed by atoms with Gasteiger partial charge in [-0.15, -0.1) is 0 Å². The van der Waals surface area contributed by atoms with E-state index >= 15 is 0 Å². The number of carboxylic acids is 1. The first-order valence-corrected chi connectivity index (χ1v) is 10.4. The molecule has 8 heteroatoms. The molecule has 1 heterocycles. The van der Waals surface area contributed by atoms with Crippen molar-refractivity contribution >= 4 is 18.0 Å². The minimum Gasteiger partial charge on any atom is -0.478 e. The van der Waals surface area contributed by atoms with Crippen LogP contribution in [0.3, 0.4) is 0 Å². The molecule has 0 aromatic heterocycles. The molecule has 1 aliphatic heterocycles. The number of carbonyl (C=O) groups excluding carboxylic acids is 2. The molecule has 0 saturated carbocycles. The number of hydrogen-bond donors (Lipinski definition) is 3. The van der Waals surface area contributed by atoms with Gasteiger partial charge < -0.3 is 25.2 Å². The van der Waals surface area contributed by atoms with E-state index in [0.29, 0.717) is 0 Å². The second-order valence-corrected chi connectivity index (χ2v) is 7.71. The molecule has 2 atom stereocenters. The third kappa shape index (κ3) is 4.65. The van der Waals surface area contributed by atoms with Crippen LogP contribution in [0.5, 0.6) is 0 Å². The monoisotopic (exact) mass is 436 g/mol. The molecular weight excluding hydrogens is 412 g/mol. The molecule has 3 N–H and O–H groups in total. The average Bonchev–Trinajstić information content (AvgIpc) is 3.37. The van der Waals surface area contributed by atoms with Crippen LogP contribution in [0.2, 0.25) is 0 Å². The van der Waals surface area contributed by atoms with Gasteiger partial charge in [0.25, 0.3) is 0 Å². The molecule has 32 heavy (non-hydrogen) atoms. The van der Waals surface area contributed by atoms with Crippen LogP contribution in [0, 0.1) is 5.92 Å². The highest BCUT2D eigenvalue weighted by Gasteiger charge is 2.36. The van der Waals surface area contributed by atoms with Crippen LogP contribution in [0.25, 0.3) is 11.1 Å². The van der Waals surface area contributed by atoms with Gasteiger partial charge in [-0.25, -0.2) is 9.59 Å². The van der Waals surface area contributed by atoms with Gasteiger partial charge in [-0.2, -0.15) is 0 Å². The number of hydrogen-bond acceptors (Lipinski definition) is 5. The number of aliphatic carboxylic acids is 1. The average molecular weight is 436 g/mol. The van der Waals surface area contributed by atoms with Crippen LogP contribution in [-0.2, 0) is 19.1 Å². The molecule has 4 rings (SSSR count). The Morgan fingerprint density at radius 3 is 2.34 bits per heavy atom. The number of benzene rings is 2. The fraction of sp³-hybridized carbons (Fsp3) is 0.292. The van der Waals surface area contributed by atoms with E-state index in [4.69, 9.17) is 14.6 Å². The van der Waals surface area contributed by atoms with Crippen molar-refractivity contribution in [2.24, 2.45) is 5.92 Å². The van der Waals surface area contributed by atoms with Gasteiger partial charge in [0.15, 0.2) is 0 Å². The summed E-state index contributed by atoms with van der Waals surface area (Å²) in [4.78, 5) is 35.3. The number of nitrogens with one attached hydrogen (secondary N) is 2. The third-order valence-electron chi connectivity index (χ3n) is 5.72. The second kappa shape index (κ2) is 9.65. The number of ether oxygens (including phenoxy) is 2. The van der Waals surface area contributed by atoms with Crippen molar-refractivity contribution < 1.29 is 29.0 Å². The maximum Gasteiger partial charge on any atom is 0.407 e. The van der Waals surface area contributed by atoms with Gasteiger partial charge in [-0.3, -0.25) is 4.79 Å². The normalized spacial score (nSPS) is 19.4. The van der Waals surface area contributed by atoms with Gasteiger partial charge in [0.05, 0.1) is 25.2 Å². The molecule has 8 nitrogen and oxygen atoms in total. The maximum absolute atomic E-state index is 12.5. The Bertz CT molecular complexity index is 1000. The third-order valence-corrected chi connectivity index (χ3v) is 5.72. The van der Waals surface area contributed by atoms with E-state index in [1.165, 1.54) is 6.08 Å². The summed E-state index contributed by atoms with van der Waals surface area (Å²) in [6, 6.07) is 15.6. The first kappa shape index (κ1) is 21.6. The summed E-state index contributed by atoms with van der Waals surface area (Å²) in [6.07, 6.45) is 1.69. The van der Waals surface area contributed by atoms with E-state index in [0.717, 1.165) is 28.3 Å². The summed E-state index contributed by atoms with van der Waals surface area (Å²) in [6.45, 7) is 0.639. The molecule has 1 fully saturated rings. The first-order chi connectivity index (χ1) is 15.5. The molecular formula is C24H24N2O6. The molecule has 2 amide bonds. The van der Waals surface area contributed by atoms with Gasteiger partial charge >= 0.3 is 12.1 Å². The zero-order valence-corrected chi connectivity index (χ0v) is 17.3. The lowest BCUT2D eigenvalue weighted by atomic mass is 9.98. The number of carbonyl (C=O) groups is 3. The van der Waals surface area contributed by atoms with Crippen LogP contribution in [-0.4, -0.2) is 55.5 Å². The highest BCUT2D eigenvalue weighted by Crippen LogP contribution is 2.44. The van der Waals surface area contributed by atoms with Gasteiger partial charge in [0.2, 0.25) is 5.91 Å². The van der Waals surface area contributed by atoms with Crippen molar-refractivity contribution in [3.63, 3.8) is 0 Å².